The third-order valence-corrected chi connectivity index (χ3v) is 4.36. The minimum absolute atomic E-state index is 0.0954. The standard InChI is InChI=1S/C14H18N2O4S/c15-21(19,20)11-5-6-13(12(9-11)14(17)18)16-8-7-10-3-1-2-4-10/h3,5-6,9,16H,1-2,4,7-8H2,(H,17,18)(H2,15,19,20). The van der Waals surface area contributed by atoms with E-state index < -0.39 is 16.0 Å². The lowest BCUT2D eigenvalue weighted by Crippen LogP contribution is -2.14. The van der Waals surface area contributed by atoms with Crippen LogP contribution in [0, 0.1) is 0 Å². The highest BCUT2D eigenvalue weighted by molar-refractivity contribution is 7.89. The number of carbonyl (C=O) groups is 1. The van der Waals surface area contributed by atoms with E-state index in [1.807, 2.05) is 0 Å². The number of hydrogen-bond donors (Lipinski definition) is 3. The normalized spacial score (nSPS) is 14.8. The maximum absolute atomic E-state index is 11.3. The van der Waals surface area contributed by atoms with Gasteiger partial charge in [-0.1, -0.05) is 11.6 Å². The zero-order valence-electron chi connectivity index (χ0n) is 11.5. The van der Waals surface area contributed by atoms with Gasteiger partial charge in [-0.25, -0.2) is 18.4 Å². The van der Waals surface area contributed by atoms with Crippen LogP contribution in [0.4, 0.5) is 5.69 Å². The second kappa shape index (κ2) is 6.28. The molecule has 0 fully saturated rings. The third-order valence-electron chi connectivity index (χ3n) is 3.45. The van der Waals surface area contributed by atoms with Crippen molar-refractivity contribution in [2.75, 3.05) is 11.9 Å². The number of carboxylic acids is 1. The molecule has 0 aliphatic heterocycles. The molecule has 6 nitrogen and oxygen atoms in total. The summed E-state index contributed by atoms with van der Waals surface area (Å²) in [4.78, 5) is 11.0. The second-order valence-electron chi connectivity index (χ2n) is 4.99. The molecule has 0 amide bonds. The zero-order valence-corrected chi connectivity index (χ0v) is 12.3. The van der Waals surface area contributed by atoms with Gasteiger partial charge in [-0.3, -0.25) is 0 Å². The summed E-state index contributed by atoms with van der Waals surface area (Å²) in [6, 6.07) is 3.82. The van der Waals surface area contributed by atoms with E-state index in [4.69, 9.17) is 5.14 Å². The van der Waals surface area contributed by atoms with Gasteiger partial charge >= 0.3 is 5.97 Å². The van der Waals surface area contributed by atoms with Crippen molar-refractivity contribution >= 4 is 21.7 Å². The van der Waals surface area contributed by atoms with E-state index in [0.717, 1.165) is 25.3 Å². The van der Waals surface area contributed by atoms with E-state index in [1.54, 1.807) is 0 Å². The average molecular weight is 310 g/mol. The molecule has 1 aliphatic rings. The molecule has 0 aromatic heterocycles. The predicted molar refractivity (Wildman–Crippen MR) is 79.8 cm³/mol. The van der Waals surface area contributed by atoms with Crippen LogP contribution in [0.2, 0.25) is 0 Å². The van der Waals surface area contributed by atoms with Gasteiger partial charge in [0.15, 0.2) is 0 Å². The van der Waals surface area contributed by atoms with Crippen molar-refractivity contribution in [1.29, 1.82) is 0 Å². The quantitative estimate of drug-likeness (QED) is 0.696. The molecule has 0 spiro atoms. The Morgan fingerprint density at radius 1 is 1.38 bits per heavy atom. The number of carboxylic acid groups (broad SMARTS) is 1. The third kappa shape index (κ3) is 4.05. The zero-order chi connectivity index (χ0) is 15.5. The van der Waals surface area contributed by atoms with Crippen molar-refractivity contribution in [1.82, 2.24) is 0 Å². The molecule has 7 heteroatoms. The number of anilines is 1. The molecule has 4 N–H and O–H groups in total. The number of rotatable bonds is 6. The summed E-state index contributed by atoms with van der Waals surface area (Å²) in [7, 11) is -3.91. The maximum atomic E-state index is 11.3. The van der Waals surface area contributed by atoms with Gasteiger partial charge < -0.3 is 10.4 Å². The van der Waals surface area contributed by atoms with Crippen LogP contribution in [0.3, 0.4) is 0 Å². The van der Waals surface area contributed by atoms with Crippen LogP contribution in [0.15, 0.2) is 34.7 Å². The Morgan fingerprint density at radius 3 is 2.71 bits per heavy atom. The maximum Gasteiger partial charge on any atom is 0.337 e. The van der Waals surface area contributed by atoms with E-state index in [1.165, 1.54) is 24.1 Å². The Hall–Kier alpha value is -1.86. The number of nitrogens with one attached hydrogen (secondary N) is 1. The van der Waals surface area contributed by atoms with Gasteiger partial charge in [0.2, 0.25) is 10.0 Å². The number of hydrogen-bond acceptors (Lipinski definition) is 4. The number of aromatic carboxylic acids is 1. The molecule has 21 heavy (non-hydrogen) atoms. The number of sulfonamides is 1. The van der Waals surface area contributed by atoms with Crippen LogP contribution in [-0.2, 0) is 10.0 Å². The number of nitrogens with two attached hydrogens (primary N) is 1. The summed E-state index contributed by atoms with van der Waals surface area (Å²) in [6.07, 6.45) is 6.45. The molecule has 0 atom stereocenters. The van der Waals surface area contributed by atoms with Gasteiger partial charge in [0, 0.05) is 12.2 Å². The molecule has 0 radical (unpaired) electrons. The Balaban J connectivity index is 2.13. The molecule has 1 aromatic rings. The monoisotopic (exact) mass is 310 g/mol. The van der Waals surface area contributed by atoms with E-state index in [2.05, 4.69) is 11.4 Å². The molecule has 2 rings (SSSR count). The summed E-state index contributed by atoms with van der Waals surface area (Å²) < 4.78 is 22.5. The van der Waals surface area contributed by atoms with Gasteiger partial charge in [0.05, 0.1) is 10.5 Å². The van der Waals surface area contributed by atoms with E-state index >= 15 is 0 Å². The summed E-state index contributed by atoms with van der Waals surface area (Å²) in [6.45, 7) is 0.612. The highest BCUT2D eigenvalue weighted by Gasteiger charge is 2.16. The SMILES string of the molecule is NS(=O)(=O)c1ccc(NCCC2=CCCC2)c(C(=O)O)c1. The summed E-state index contributed by atoms with van der Waals surface area (Å²) in [5.74, 6) is -1.19. The number of benzene rings is 1. The van der Waals surface area contributed by atoms with Crippen molar-refractivity contribution < 1.29 is 18.3 Å². The highest BCUT2D eigenvalue weighted by atomic mass is 32.2. The first kappa shape index (κ1) is 15.5. The van der Waals surface area contributed by atoms with Crippen molar-refractivity contribution in [2.45, 2.75) is 30.6 Å². The largest absolute Gasteiger partial charge is 0.478 e. The van der Waals surface area contributed by atoms with Gasteiger partial charge in [-0.15, -0.1) is 0 Å². The summed E-state index contributed by atoms with van der Waals surface area (Å²) >= 11 is 0. The minimum atomic E-state index is -3.91. The first-order valence-electron chi connectivity index (χ1n) is 6.70. The van der Waals surface area contributed by atoms with Crippen molar-refractivity contribution in [3.8, 4) is 0 Å². The first-order chi connectivity index (χ1) is 9.88. The lowest BCUT2D eigenvalue weighted by atomic mass is 10.1. The minimum Gasteiger partial charge on any atom is -0.478 e. The van der Waals surface area contributed by atoms with Gasteiger partial charge in [0.25, 0.3) is 0 Å². The molecular formula is C14H18N2O4S. The Bertz CT molecular complexity index is 680. The van der Waals surface area contributed by atoms with E-state index in [-0.39, 0.29) is 10.5 Å². The number of primary sulfonamides is 1. The smallest absolute Gasteiger partial charge is 0.337 e. The molecular weight excluding hydrogens is 292 g/mol. The molecule has 114 valence electrons. The fourth-order valence-corrected chi connectivity index (χ4v) is 2.89. The highest BCUT2D eigenvalue weighted by Crippen LogP contribution is 2.23. The fraction of sp³-hybridized carbons (Fsp3) is 0.357. The van der Waals surface area contributed by atoms with Crippen molar-refractivity contribution in [2.24, 2.45) is 5.14 Å². The van der Waals surface area contributed by atoms with Crippen LogP contribution in [-0.4, -0.2) is 26.0 Å². The van der Waals surface area contributed by atoms with Crippen LogP contribution in [0.25, 0.3) is 0 Å². The molecule has 0 bridgehead atoms. The number of allylic oxidation sites excluding steroid dienone is 1. The lowest BCUT2D eigenvalue weighted by Gasteiger charge is -2.11. The summed E-state index contributed by atoms with van der Waals surface area (Å²) in [5.41, 5.74) is 1.68. The van der Waals surface area contributed by atoms with Crippen LogP contribution in [0.5, 0.6) is 0 Å². The Labute approximate surface area is 123 Å². The molecule has 0 saturated carbocycles. The lowest BCUT2D eigenvalue weighted by molar-refractivity contribution is 0.0697. The molecule has 0 saturated heterocycles. The first-order valence-corrected chi connectivity index (χ1v) is 8.24. The molecule has 0 heterocycles. The fourth-order valence-electron chi connectivity index (χ4n) is 2.35. The Morgan fingerprint density at radius 2 is 2.14 bits per heavy atom. The van der Waals surface area contributed by atoms with E-state index in [0.29, 0.717) is 12.2 Å². The van der Waals surface area contributed by atoms with Crippen LogP contribution in [0.1, 0.15) is 36.0 Å². The van der Waals surface area contributed by atoms with Crippen molar-refractivity contribution in [3.05, 3.63) is 35.4 Å². The van der Waals surface area contributed by atoms with Gasteiger partial charge in [0.1, 0.15) is 0 Å². The Kier molecular flexibility index (Phi) is 4.64. The topological polar surface area (TPSA) is 109 Å². The van der Waals surface area contributed by atoms with Gasteiger partial charge in [-0.05, 0) is 43.9 Å². The average Bonchev–Trinajstić information content (AvgIpc) is 2.90. The molecule has 1 aromatic carbocycles. The predicted octanol–water partition coefficient (Wildman–Crippen LogP) is 1.94. The molecule has 0 unspecified atom stereocenters. The van der Waals surface area contributed by atoms with Crippen LogP contribution < -0.4 is 10.5 Å². The molecule has 1 aliphatic carbocycles. The van der Waals surface area contributed by atoms with E-state index in [9.17, 15) is 18.3 Å². The van der Waals surface area contributed by atoms with Gasteiger partial charge in [-0.2, -0.15) is 0 Å². The summed E-state index contributed by atoms with van der Waals surface area (Å²) in [5, 5.41) is 17.2. The van der Waals surface area contributed by atoms with Crippen LogP contribution >= 0.6 is 0 Å². The van der Waals surface area contributed by atoms with Crippen molar-refractivity contribution in [3.63, 3.8) is 0 Å². The second-order valence-corrected chi connectivity index (χ2v) is 6.55.